The molecular formula is C23H23N3O3S. The van der Waals surface area contributed by atoms with Gasteiger partial charge in [0.1, 0.15) is 11.5 Å². The summed E-state index contributed by atoms with van der Waals surface area (Å²) >= 11 is 1.43. The fourth-order valence-corrected chi connectivity index (χ4v) is 4.10. The van der Waals surface area contributed by atoms with Gasteiger partial charge in [0.25, 0.3) is 0 Å². The molecule has 0 saturated heterocycles. The van der Waals surface area contributed by atoms with E-state index in [4.69, 9.17) is 14.1 Å². The molecule has 154 valence electrons. The summed E-state index contributed by atoms with van der Waals surface area (Å²) in [5.41, 5.74) is 2.85. The molecule has 2 aromatic carbocycles. The Morgan fingerprint density at radius 2 is 1.97 bits per heavy atom. The van der Waals surface area contributed by atoms with Crippen molar-refractivity contribution in [3.8, 4) is 11.4 Å². The lowest BCUT2D eigenvalue weighted by Gasteiger charge is -2.14. The van der Waals surface area contributed by atoms with Crippen LogP contribution in [0.5, 0.6) is 5.75 Å². The second kappa shape index (κ2) is 9.09. The molecule has 1 N–H and O–H groups in total. The molecule has 7 heteroatoms. The van der Waals surface area contributed by atoms with Crippen LogP contribution in [0.3, 0.4) is 0 Å². The number of rotatable bonds is 8. The maximum atomic E-state index is 12.6. The maximum Gasteiger partial charge on any atom is 0.233 e. The van der Waals surface area contributed by atoms with Crippen molar-refractivity contribution in [2.24, 2.45) is 0 Å². The highest BCUT2D eigenvalue weighted by atomic mass is 32.2. The molecule has 0 spiro atoms. The van der Waals surface area contributed by atoms with Gasteiger partial charge in [-0.1, -0.05) is 23.9 Å². The Kier molecular flexibility index (Phi) is 6.09. The van der Waals surface area contributed by atoms with Crippen LogP contribution in [0.2, 0.25) is 0 Å². The molecule has 0 fully saturated rings. The van der Waals surface area contributed by atoms with E-state index in [2.05, 4.69) is 9.88 Å². The molecule has 1 atom stereocenters. The van der Waals surface area contributed by atoms with Gasteiger partial charge < -0.3 is 14.5 Å². The van der Waals surface area contributed by atoms with E-state index in [0.717, 1.165) is 33.4 Å². The Balaban J connectivity index is 1.58. The van der Waals surface area contributed by atoms with Gasteiger partial charge in [0.05, 0.1) is 35.7 Å². The van der Waals surface area contributed by atoms with Gasteiger partial charge in [-0.25, -0.2) is 4.98 Å². The van der Waals surface area contributed by atoms with Crippen molar-refractivity contribution in [3.05, 3.63) is 72.7 Å². The van der Waals surface area contributed by atoms with Crippen molar-refractivity contribution in [1.29, 1.82) is 0 Å². The molecule has 4 aromatic rings. The summed E-state index contributed by atoms with van der Waals surface area (Å²) in [6, 6.07) is 19.5. The first-order valence-electron chi connectivity index (χ1n) is 9.83. The summed E-state index contributed by atoms with van der Waals surface area (Å²) in [5, 5.41) is 3.36. The van der Waals surface area contributed by atoms with E-state index in [1.165, 1.54) is 11.8 Å². The van der Waals surface area contributed by atoms with Crippen LogP contribution >= 0.6 is 11.8 Å². The molecule has 0 unspecified atom stereocenters. The molecule has 30 heavy (non-hydrogen) atoms. The third-order valence-corrected chi connectivity index (χ3v) is 5.66. The highest BCUT2D eigenvalue weighted by molar-refractivity contribution is 8.00. The number of para-hydroxylation sites is 2. The Morgan fingerprint density at radius 1 is 1.17 bits per heavy atom. The van der Waals surface area contributed by atoms with E-state index in [1.54, 1.807) is 12.3 Å². The molecule has 2 heterocycles. The summed E-state index contributed by atoms with van der Waals surface area (Å²) in [6.07, 6.45) is 1.60. The van der Waals surface area contributed by atoms with Crippen LogP contribution in [0.1, 0.15) is 19.6 Å². The van der Waals surface area contributed by atoms with Gasteiger partial charge in [-0.05, 0) is 62.4 Å². The minimum atomic E-state index is -0.321. The smallest absolute Gasteiger partial charge is 0.233 e. The lowest BCUT2D eigenvalue weighted by Crippen LogP contribution is -2.30. The van der Waals surface area contributed by atoms with Crippen molar-refractivity contribution in [2.75, 3.05) is 6.61 Å². The van der Waals surface area contributed by atoms with Gasteiger partial charge in [-0.2, -0.15) is 0 Å². The molecule has 0 aliphatic carbocycles. The zero-order valence-electron chi connectivity index (χ0n) is 16.9. The molecular weight excluding hydrogens is 398 g/mol. The number of carbonyl (C=O) groups excluding carboxylic acids is 1. The minimum absolute atomic E-state index is 0.0679. The molecule has 6 nitrogen and oxygen atoms in total. The number of fused-ring (bicyclic) bond motifs is 1. The standard InChI is InChI=1S/C23H23N3O3S/c1-3-28-18-12-10-17(11-13-18)26-21-9-5-4-8-20(21)25-23(26)30-16(2)22(27)24-15-19-7-6-14-29-19/h4-14,16H,3,15H2,1-2H3,(H,24,27)/t16-/m1/s1. The Hall–Kier alpha value is -3.19. The Bertz CT molecular complexity index is 1120. The number of amides is 1. The maximum absolute atomic E-state index is 12.6. The van der Waals surface area contributed by atoms with Crippen molar-refractivity contribution < 1.29 is 13.9 Å². The number of imidazole rings is 1. The molecule has 0 saturated carbocycles. The average molecular weight is 422 g/mol. The molecule has 2 aromatic heterocycles. The number of nitrogens with one attached hydrogen (secondary N) is 1. The molecule has 0 bridgehead atoms. The monoisotopic (exact) mass is 421 g/mol. The second-order valence-electron chi connectivity index (χ2n) is 6.70. The number of thioether (sulfide) groups is 1. The zero-order chi connectivity index (χ0) is 20.9. The van der Waals surface area contributed by atoms with E-state index >= 15 is 0 Å². The van der Waals surface area contributed by atoms with E-state index < -0.39 is 0 Å². The number of benzene rings is 2. The van der Waals surface area contributed by atoms with Crippen molar-refractivity contribution in [3.63, 3.8) is 0 Å². The number of hydrogen-bond donors (Lipinski definition) is 1. The van der Waals surface area contributed by atoms with Crippen molar-refractivity contribution >= 4 is 28.7 Å². The summed E-state index contributed by atoms with van der Waals surface area (Å²) in [7, 11) is 0. The van der Waals surface area contributed by atoms with Gasteiger partial charge in [0, 0.05) is 5.69 Å². The van der Waals surface area contributed by atoms with Crippen LogP contribution in [0, 0.1) is 0 Å². The van der Waals surface area contributed by atoms with Gasteiger partial charge in [-0.3, -0.25) is 9.36 Å². The minimum Gasteiger partial charge on any atom is -0.494 e. The third kappa shape index (κ3) is 4.36. The molecule has 0 aliphatic heterocycles. The highest BCUT2D eigenvalue weighted by Gasteiger charge is 2.20. The van der Waals surface area contributed by atoms with Crippen LogP contribution in [0.4, 0.5) is 0 Å². The summed E-state index contributed by atoms with van der Waals surface area (Å²) < 4.78 is 12.9. The summed E-state index contributed by atoms with van der Waals surface area (Å²) in [4.78, 5) is 17.4. The number of aromatic nitrogens is 2. The number of hydrogen-bond acceptors (Lipinski definition) is 5. The number of carbonyl (C=O) groups is 1. The molecule has 0 aliphatic rings. The number of furan rings is 1. The van der Waals surface area contributed by atoms with Gasteiger partial charge >= 0.3 is 0 Å². The molecule has 1 amide bonds. The topological polar surface area (TPSA) is 69.3 Å². The van der Waals surface area contributed by atoms with E-state index in [9.17, 15) is 4.79 Å². The average Bonchev–Trinajstić information content (AvgIpc) is 3.40. The molecule has 0 radical (unpaired) electrons. The second-order valence-corrected chi connectivity index (χ2v) is 8.01. The molecule has 4 rings (SSSR count). The lowest BCUT2D eigenvalue weighted by molar-refractivity contribution is -0.120. The normalized spacial score (nSPS) is 12.1. The van der Waals surface area contributed by atoms with Gasteiger partial charge in [-0.15, -0.1) is 0 Å². The first kappa shape index (κ1) is 20.1. The highest BCUT2D eigenvalue weighted by Crippen LogP contribution is 2.31. The quantitative estimate of drug-likeness (QED) is 0.413. The van der Waals surface area contributed by atoms with Crippen LogP contribution < -0.4 is 10.1 Å². The summed E-state index contributed by atoms with van der Waals surface area (Å²) in [5.74, 6) is 1.48. The predicted molar refractivity (Wildman–Crippen MR) is 118 cm³/mol. The predicted octanol–water partition coefficient (Wildman–Crippen LogP) is 4.81. The largest absolute Gasteiger partial charge is 0.494 e. The van der Waals surface area contributed by atoms with Crippen LogP contribution in [0.25, 0.3) is 16.7 Å². The van der Waals surface area contributed by atoms with E-state index in [-0.39, 0.29) is 11.2 Å². The van der Waals surface area contributed by atoms with Crippen molar-refractivity contribution in [2.45, 2.75) is 30.8 Å². The Morgan fingerprint density at radius 3 is 2.70 bits per heavy atom. The van der Waals surface area contributed by atoms with Crippen LogP contribution in [-0.4, -0.2) is 27.3 Å². The van der Waals surface area contributed by atoms with E-state index in [0.29, 0.717) is 13.2 Å². The first-order valence-corrected chi connectivity index (χ1v) is 10.7. The van der Waals surface area contributed by atoms with E-state index in [1.807, 2.05) is 68.4 Å². The summed E-state index contributed by atoms with van der Waals surface area (Å²) in [6.45, 7) is 4.83. The van der Waals surface area contributed by atoms with Gasteiger partial charge in [0.15, 0.2) is 5.16 Å². The van der Waals surface area contributed by atoms with Crippen LogP contribution in [0.15, 0.2) is 76.5 Å². The fraction of sp³-hybridized carbons (Fsp3) is 0.217. The SMILES string of the molecule is CCOc1ccc(-n2c(S[C@H](C)C(=O)NCc3ccco3)nc3ccccc32)cc1. The fourth-order valence-electron chi connectivity index (χ4n) is 3.13. The third-order valence-electron chi connectivity index (χ3n) is 4.60. The van der Waals surface area contributed by atoms with Gasteiger partial charge in [0.2, 0.25) is 5.91 Å². The lowest BCUT2D eigenvalue weighted by atomic mass is 10.2. The zero-order valence-corrected chi connectivity index (χ0v) is 17.7. The van der Waals surface area contributed by atoms with Crippen LogP contribution in [-0.2, 0) is 11.3 Å². The van der Waals surface area contributed by atoms with Crippen molar-refractivity contribution in [1.82, 2.24) is 14.9 Å². The first-order chi connectivity index (χ1) is 14.7. The number of ether oxygens (including phenoxy) is 1. The Labute approximate surface area is 179 Å². The number of nitrogens with zero attached hydrogens (tertiary/aromatic N) is 2.